The monoisotopic (exact) mass is 408 g/mol. The highest BCUT2D eigenvalue weighted by atomic mass is 16.7. The molecular weight excluding hydrogens is 396 g/mol. The molecule has 0 saturated carbocycles. The van der Waals surface area contributed by atoms with Crippen LogP contribution < -0.4 is 20.6 Å². The molecule has 0 saturated heterocycles. The molecule has 0 radical (unpaired) electrons. The second kappa shape index (κ2) is 7.05. The molecule has 3 aromatic heterocycles. The number of nitrogens with zero attached hydrogens (tertiary/aromatic N) is 6. The number of hydrazone groups is 1. The summed E-state index contributed by atoms with van der Waals surface area (Å²) in [6.45, 7) is 0.104. The van der Waals surface area contributed by atoms with E-state index in [1.807, 2.05) is 0 Å². The quantitative estimate of drug-likeness (QED) is 0.358. The van der Waals surface area contributed by atoms with Gasteiger partial charge < -0.3 is 19.6 Å². The topological polar surface area (TPSA) is 169 Å². The molecule has 0 bridgehead atoms. The average molecular weight is 408 g/mol. The number of carbonyl (C=O) groups is 1. The number of nitrogens with one attached hydrogen (secondary N) is 1. The predicted molar refractivity (Wildman–Crippen MR) is 99.0 cm³/mol. The van der Waals surface area contributed by atoms with Gasteiger partial charge in [0.1, 0.15) is 5.69 Å². The number of nitrogens with two attached hydrogens (primary N) is 1. The van der Waals surface area contributed by atoms with Crippen molar-refractivity contribution in [2.75, 3.05) is 12.5 Å². The summed E-state index contributed by atoms with van der Waals surface area (Å²) in [5.74, 6) is 0.540. The van der Waals surface area contributed by atoms with E-state index in [-0.39, 0.29) is 29.8 Å². The number of fused-ring (bicyclic) bond motifs is 1. The Balaban J connectivity index is 1.55. The van der Waals surface area contributed by atoms with Crippen LogP contribution in [0.15, 0.2) is 50.9 Å². The summed E-state index contributed by atoms with van der Waals surface area (Å²) in [6, 6.07) is 6.80. The molecule has 30 heavy (non-hydrogen) atoms. The third-order valence-electron chi connectivity index (χ3n) is 4.15. The number of rotatable bonds is 5. The van der Waals surface area contributed by atoms with Crippen LogP contribution in [-0.2, 0) is 0 Å². The van der Waals surface area contributed by atoms with Gasteiger partial charge in [-0.25, -0.2) is 10.1 Å². The number of furan rings is 1. The normalized spacial score (nSPS) is 12.5. The zero-order valence-electron chi connectivity index (χ0n) is 15.1. The molecule has 0 atom stereocenters. The van der Waals surface area contributed by atoms with Crippen molar-refractivity contribution < 1.29 is 23.3 Å². The summed E-state index contributed by atoms with van der Waals surface area (Å²) in [4.78, 5) is 12.8. The molecule has 1 aliphatic heterocycles. The average Bonchev–Trinajstić information content (AvgIpc) is 3.53. The summed E-state index contributed by atoms with van der Waals surface area (Å²) in [5.41, 5.74) is 9.68. The van der Waals surface area contributed by atoms with Gasteiger partial charge in [0.25, 0.3) is 5.91 Å². The van der Waals surface area contributed by atoms with Crippen molar-refractivity contribution in [3.8, 4) is 28.6 Å². The molecule has 13 nitrogen and oxygen atoms in total. The van der Waals surface area contributed by atoms with Gasteiger partial charge in [-0.15, -0.1) is 5.10 Å². The van der Waals surface area contributed by atoms with Crippen molar-refractivity contribution in [1.82, 2.24) is 30.7 Å². The predicted octanol–water partition coefficient (Wildman–Crippen LogP) is 0.985. The van der Waals surface area contributed by atoms with Gasteiger partial charge in [-0.1, -0.05) is 5.21 Å². The Labute approximate surface area is 167 Å². The maximum atomic E-state index is 12.8. The Morgan fingerprint density at radius 2 is 2.13 bits per heavy atom. The number of aromatic nitrogens is 5. The standard InChI is InChI=1S/C17H12N8O5/c18-15-16(23-30-22-15)25-14(10-1-2-11-12(5-10)29-8-28-11)13(20-24-25)17(26)21-19-6-9-3-4-27-7-9/h1-7H,8H2,(H2,18,22)(H,21,26). The van der Waals surface area contributed by atoms with Gasteiger partial charge >= 0.3 is 0 Å². The molecular formula is C17H12N8O5. The number of hydrogen-bond acceptors (Lipinski definition) is 11. The van der Waals surface area contributed by atoms with Crippen LogP contribution >= 0.6 is 0 Å². The minimum Gasteiger partial charge on any atom is -0.472 e. The summed E-state index contributed by atoms with van der Waals surface area (Å²) >= 11 is 0. The molecule has 0 spiro atoms. The van der Waals surface area contributed by atoms with E-state index in [2.05, 4.69) is 35.8 Å². The number of anilines is 1. The van der Waals surface area contributed by atoms with E-state index < -0.39 is 5.91 Å². The van der Waals surface area contributed by atoms with Crippen molar-refractivity contribution in [2.24, 2.45) is 5.10 Å². The van der Waals surface area contributed by atoms with Crippen molar-refractivity contribution in [1.29, 1.82) is 0 Å². The zero-order chi connectivity index (χ0) is 20.5. The molecule has 150 valence electrons. The van der Waals surface area contributed by atoms with Crippen LogP contribution in [0.4, 0.5) is 5.82 Å². The van der Waals surface area contributed by atoms with Crippen LogP contribution in [0.3, 0.4) is 0 Å². The van der Waals surface area contributed by atoms with E-state index >= 15 is 0 Å². The fourth-order valence-corrected chi connectivity index (χ4v) is 2.79. The lowest BCUT2D eigenvalue weighted by molar-refractivity contribution is 0.0950. The number of nitrogen functional groups attached to an aromatic ring is 1. The van der Waals surface area contributed by atoms with E-state index in [0.29, 0.717) is 22.6 Å². The molecule has 3 N–H and O–H groups in total. The van der Waals surface area contributed by atoms with Gasteiger partial charge in [0.05, 0.1) is 18.7 Å². The minimum atomic E-state index is -0.608. The van der Waals surface area contributed by atoms with Crippen molar-refractivity contribution >= 4 is 17.9 Å². The van der Waals surface area contributed by atoms with E-state index in [9.17, 15) is 4.79 Å². The number of carbonyl (C=O) groups excluding carboxylic acids is 1. The van der Waals surface area contributed by atoms with Gasteiger partial charge in [0.2, 0.25) is 18.4 Å². The fourth-order valence-electron chi connectivity index (χ4n) is 2.79. The highest BCUT2D eigenvalue weighted by Gasteiger charge is 2.26. The van der Waals surface area contributed by atoms with Crippen LogP contribution in [0, 0.1) is 0 Å². The van der Waals surface area contributed by atoms with Crippen LogP contribution in [-0.4, -0.2) is 44.2 Å². The van der Waals surface area contributed by atoms with Crippen LogP contribution in [0.5, 0.6) is 11.5 Å². The van der Waals surface area contributed by atoms with Crippen molar-refractivity contribution in [2.45, 2.75) is 0 Å². The number of benzene rings is 1. The Morgan fingerprint density at radius 1 is 1.23 bits per heavy atom. The largest absolute Gasteiger partial charge is 0.472 e. The van der Waals surface area contributed by atoms with Gasteiger partial charge in [-0.2, -0.15) is 9.78 Å². The van der Waals surface area contributed by atoms with Gasteiger partial charge in [0.15, 0.2) is 17.2 Å². The number of ether oxygens (including phenoxy) is 2. The molecule has 1 aliphatic rings. The van der Waals surface area contributed by atoms with Crippen LogP contribution in [0.25, 0.3) is 17.1 Å². The first-order valence-corrected chi connectivity index (χ1v) is 8.50. The van der Waals surface area contributed by atoms with Crippen LogP contribution in [0.2, 0.25) is 0 Å². The number of hydrogen-bond donors (Lipinski definition) is 2. The first-order chi connectivity index (χ1) is 14.7. The Bertz CT molecular complexity index is 1240. The second-order valence-electron chi connectivity index (χ2n) is 6.00. The summed E-state index contributed by atoms with van der Waals surface area (Å²) in [6.07, 6.45) is 4.39. The Hall–Kier alpha value is -4.68. The molecule has 0 unspecified atom stereocenters. The Morgan fingerprint density at radius 3 is 2.93 bits per heavy atom. The van der Waals surface area contributed by atoms with Gasteiger partial charge in [-0.05, 0) is 34.6 Å². The van der Waals surface area contributed by atoms with E-state index in [1.165, 1.54) is 23.4 Å². The van der Waals surface area contributed by atoms with Crippen molar-refractivity contribution in [3.05, 3.63) is 48.0 Å². The highest BCUT2D eigenvalue weighted by Crippen LogP contribution is 2.37. The fraction of sp³-hybridized carbons (Fsp3) is 0.0588. The van der Waals surface area contributed by atoms with E-state index in [1.54, 1.807) is 24.3 Å². The van der Waals surface area contributed by atoms with Crippen LogP contribution in [0.1, 0.15) is 16.1 Å². The second-order valence-corrected chi connectivity index (χ2v) is 6.00. The SMILES string of the molecule is Nc1nonc1-n1nnc(C(=O)NN=Cc2ccoc2)c1-c1ccc2c(c1)OCO2. The highest BCUT2D eigenvalue weighted by molar-refractivity contribution is 5.99. The number of amides is 1. The summed E-state index contributed by atoms with van der Waals surface area (Å²) in [5, 5.41) is 19.1. The summed E-state index contributed by atoms with van der Waals surface area (Å²) in [7, 11) is 0. The molecule has 4 aromatic rings. The molecule has 1 amide bonds. The lowest BCUT2D eigenvalue weighted by Gasteiger charge is -2.06. The maximum absolute atomic E-state index is 12.8. The maximum Gasteiger partial charge on any atom is 0.294 e. The smallest absolute Gasteiger partial charge is 0.294 e. The Kier molecular flexibility index (Phi) is 4.09. The molecule has 5 rings (SSSR count). The molecule has 13 heteroatoms. The minimum absolute atomic E-state index is 0.0215. The van der Waals surface area contributed by atoms with Gasteiger partial charge in [-0.3, -0.25) is 4.79 Å². The zero-order valence-corrected chi connectivity index (χ0v) is 15.1. The van der Waals surface area contributed by atoms with E-state index in [4.69, 9.17) is 19.6 Å². The van der Waals surface area contributed by atoms with Crippen molar-refractivity contribution in [3.63, 3.8) is 0 Å². The first-order valence-electron chi connectivity index (χ1n) is 8.50. The first kappa shape index (κ1) is 17.4. The third-order valence-corrected chi connectivity index (χ3v) is 4.15. The molecule has 0 aliphatic carbocycles. The van der Waals surface area contributed by atoms with E-state index in [0.717, 1.165) is 0 Å². The lowest BCUT2D eigenvalue weighted by atomic mass is 10.1. The molecule has 0 fully saturated rings. The lowest BCUT2D eigenvalue weighted by Crippen LogP contribution is -2.19. The third kappa shape index (κ3) is 2.99. The van der Waals surface area contributed by atoms with Gasteiger partial charge in [0, 0.05) is 11.1 Å². The summed E-state index contributed by atoms with van der Waals surface area (Å²) < 4.78 is 21.6. The molecule has 4 heterocycles. The molecule has 1 aromatic carbocycles.